The number of hydrogen-bond acceptors (Lipinski definition) is 5. The van der Waals surface area contributed by atoms with Gasteiger partial charge >= 0.3 is 0 Å². The van der Waals surface area contributed by atoms with Crippen molar-refractivity contribution in [3.8, 4) is 5.88 Å². The van der Waals surface area contributed by atoms with E-state index in [2.05, 4.69) is 15.3 Å². The van der Waals surface area contributed by atoms with Gasteiger partial charge in [0.1, 0.15) is 12.1 Å². The van der Waals surface area contributed by atoms with Gasteiger partial charge in [-0.05, 0) is 31.0 Å². The SMILES string of the molecule is CCOc1cc(NCCc2ccc(N)cc2)ncn1. The topological polar surface area (TPSA) is 73.1 Å². The molecule has 0 unspecified atom stereocenters. The Morgan fingerprint density at radius 2 is 2.00 bits per heavy atom. The van der Waals surface area contributed by atoms with Crippen molar-refractivity contribution in [2.45, 2.75) is 13.3 Å². The molecule has 2 aromatic rings. The van der Waals surface area contributed by atoms with Gasteiger partial charge < -0.3 is 15.8 Å². The zero-order valence-corrected chi connectivity index (χ0v) is 11.0. The summed E-state index contributed by atoms with van der Waals surface area (Å²) in [4.78, 5) is 8.16. The lowest BCUT2D eigenvalue weighted by molar-refractivity contribution is 0.326. The van der Waals surface area contributed by atoms with Crippen LogP contribution in [0.2, 0.25) is 0 Å². The fourth-order valence-corrected chi connectivity index (χ4v) is 1.68. The Labute approximate surface area is 112 Å². The molecule has 2 rings (SSSR count). The number of hydrogen-bond donors (Lipinski definition) is 2. The maximum absolute atomic E-state index is 5.65. The summed E-state index contributed by atoms with van der Waals surface area (Å²) in [6.07, 6.45) is 2.41. The van der Waals surface area contributed by atoms with Crippen LogP contribution in [0.25, 0.3) is 0 Å². The maximum Gasteiger partial charge on any atom is 0.218 e. The van der Waals surface area contributed by atoms with E-state index in [-0.39, 0.29) is 0 Å². The van der Waals surface area contributed by atoms with E-state index in [1.165, 1.54) is 11.9 Å². The second-order valence-electron chi connectivity index (χ2n) is 4.09. The molecule has 0 saturated heterocycles. The van der Waals surface area contributed by atoms with E-state index in [9.17, 15) is 0 Å². The van der Waals surface area contributed by atoms with Crippen LogP contribution >= 0.6 is 0 Å². The molecule has 0 amide bonds. The molecule has 3 N–H and O–H groups in total. The number of rotatable bonds is 6. The first-order valence-corrected chi connectivity index (χ1v) is 6.31. The molecule has 0 spiro atoms. The first-order valence-electron chi connectivity index (χ1n) is 6.31. The van der Waals surface area contributed by atoms with Crippen molar-refractivity contribution in [3.63, 3.8) is 0 Å². The number of nitrogens with two attached hydrogens (primary N) is 1. The molecule has 0 bridgehead atoms. The summed E-state index contributed by atoms with van der Waals surface area (Å²) in [5.74, 6) is 1.36. The standard InChI is InChI=1S/C14H18N4O/c1-2-19-14-9-13(17-10-18-14)16-8-7-11-3-5-12(15)6-4-11/h3-6,9-10H,2,7-8,15H2,1H3,(H,16,17,18). The molecule has 1 aromatic carbocycles. The lowest BCUT2D eigenvalue weighted by atomic mass is 10.1. The highest BCUT2D eigenvalue weighted by Crippen LogP contribution is 2.11. The fraction of sp³-hybridized carbons (Fsp3) is 0.286. The molecule has 1 aromatic heterocycles. The van der Waals surface area contributed by atoms with Gasteiger partial charge in [-0.15, -0.1) is 0 Å². The molecule has 19 heavy (non-hydrogen) atoms. The number of nitrogen functional groups attached to an aromatic ring is 1. The van der Waals surface area contributed by atoms with E-state index >= 15 is 0 Å². The van der Waals surface area contributed by atoms with Crippen LogP contribution in [-0.2, 0) is 6.42 Å². The van der Waals surface area contributed by atoms with Crippen LogP contribution in [-0.4, -0.2) is 23.1 Å². The summed E-state index contributed by atoms with van der Waals surface area (Å²) >= 11 is 0. The van der Waals surface area contributed by atoms with Crippen molar-refractivity contribution >= 4 is 11.5 Å². The molecule has 5 heteroatoms. The van der Waals surface area contributed by atoms with Crippen LogP contribution in [0.4, 0.5) is 11.5 Å². The summed E-state index contributed by atoms with van der Waals surface area (Å²) in [7, 11) is 0. The van der Waals surface area contributed by atoms with Gasteiger partial charge in [0, 0.05) is 18.3 Å². The predicted molar refractivity (Wildman–Crippen MR) is 76.2 cm³/mol. The van der Waals surface area contributed by atoms with Crippen molar-refractivity contribution in [2.75, 3.05) is 24.2 Å². The van der Waals surface area contributed by atoms with Gasteiger partial charge in [-0.1, -0.05) is 12.1 Å². The van der Waals surface area contributed by atoms with Crippen LogP contribution in [0.1, 0.15) is 12.5 Å². The molecule has 0 saturated carbocycles. The summed E-state index contributed by atoms with van der Waals surface area (Å²) < 4.78 is 5.32. The Morgan fingerprint density at radius 1 is 1.21 bits per heavy atom. The highest BCUT2D eigenvalue weighted by atomic mass is 16.5. The second kappa shape index (κ2) is 6.58. The average molecular weight is 258 g/mol. The molecule has 0 aliphatic rings. The lowest BCUT2D eigenvalue weighted by Crippen LogP contribution is -2.07. The summed E-state index contributed by atoms with van der Waals surface area (Å²) in [6.45, 7) is 3.32. The number of anilines is 2. The van der Waals surface area contributed by atoms with Gasteiger partial charge in [-0.2, -0.15) is 0 Å². The third-order valence-corrected chi connectivity index (χ3v) is 2.63. The van der Waals surface area contributed by atoms with Crippen LogP contribution in [0.5, 0.6) is 5.88 Å². The van der Waals surface area contributed by atoms with Crippen LogP contribution < -0.4 is 15.8 Å². The van der Waals surface area contributed by atoms with Gasteiger partial charge in [0.15, 0.2) is 0 Å². The smallest absolute Gasteiger partial charge is 0.218 e. The van der Waals surface area contributed by atoms with E-state index < -0.39 is 0 Å². The van der Waals surface area contributed by atoms with Crippen molar-refractivity contribution < 1.29 is 4.74 Å². The number of benzene rings is 1. The maximum atomic E-state index is 5.65. The Morgan fingerprint density at radius 3 is 2.74 bits per heavy atom. The lowest BCUT2D eigenvalue weighted by Gasteiger charge is -2.07. The third-order valence-electron chi connectivity index (χ3n) is 2.63. The van der Waals surface area contributed by atoms with E-state index in [4.69, 9.17) is 10.5 Å². The largest absolute Gasteiger partial charge is 0.478 e. The average Bonchev–Trinajstić information content (AvgIpc) is 2.42. The number of nitrogens with zero attached hydrogens (tertiary/aromatic N) is 2. The molecule has 1 heterocycles. The molecular weight excluding hydrogens is 240 g/mol. The molecule has 5 nitrogen and oxygen atoms in total. The quantitative estimate of drug-likeness (QED) is 0.776. The van der Waals surface area contributed by atoms with Gasteiger partial charge in [0.2, 0.25) is 5.88 Å². The first-order chi connectivity index (χ1) is 9.28. The van der Waals surface area contributed by atoms with Crippen LogP contribution in [0.3, 0.4) is 0 Å². The highest BCUT2D eigenvalue weighted by Gasteiger charge is 1.99. The Hall–Kier alpha value is -2.30. The van der Waals surface area contributed by atoms with Gasteiger partial charge in [-0.3, -0.25) is 0 Å². The van der Waals surface area contributed by atoms with Gasteiger partial charge in [0.25, 0.3) is 0 Å². The summed E-state index contributed by atoms with van der Waals surface area (Å²) in [5, 5.41) is 3.24. The zero-order chi connectivity index (χ0) is 13.5. The third kappa shape index (κ3) is 4.13. The molecule has 0 aliphatic carbocycles. The van der Waals surface area contributed by atoms with Crippen LogP contribution in [0.15, 0.2) is 36.7 Å². The van der Waals surface area contributed by atoms with Crippen molar-refractivity contribution in [2.24, 2.45) is 0 Å². The van der Waals surface area contributed by atoms with E-state index in [0.29, 0.717) is 12.5 Å². The Bertz CT molecular complexity index is 513. The fourth-order valence-electron chi connectivity index (χ4n) is 1.68. The van der Waals surface area contributed by atoms with Crippen molar-refractivity contribution in [3.05, 3.63) is 42.2 Å². The minimum Gasteiger partial charge on any atom is -0.478 e. The Kier molecular flexibility index (Phi) is 4.55. The minimum atomic E-state index is 0.590. The highest BCUT2D eigenvalue weighted by molar-refractivity contribution is 5.40. The molecule has 0 aliphatic heterocycles. The Balaban J connectivity index is 1.85. The van der Waals surface area contributed by atoms with Crippen molar-refractivity contribution in [1.29, 1.82) is 0 Å². The van der Waals surface area contributed by atoms with E-state index in [1.807, 2.05) is 31.2 Å². The normalized spacial score (nSPS) is 10.2. The van der Waals surface area contributed by atoms with E-state index in [1.54, 1.807) is 6.07 Å². The van der Waals surface area contributed by atoms with Gasteiger partial charge in [-0.25, -0.2) is 9.97 Å². The predicted octanol–water partition coefficient (Wildman–Crippen LogP) is 2.11. The molecule has 0 fully saturated rings. The number of nitrogens with one attached hydrogen (secondary N) is 1. The molecule has 100 valence electrons. The monoisotopic (exact) mass is 258 g/mol. The summed E-state index contributed by atoms with van der Waals surface area (Å²) in [6, 6.07) is 9.68. The zero-order valence-electron chi connectivity index (χ0n) is 11.0. The van der Waals surface area contributed by atoms with Crippen LogP contribution in [0, 0.1) is 0 Å². The first kappa shape index (κ1) is 13.1. The minimum absolute atomic E-state index is 0.590. The molecule has 0 atom stereocenters. The second-order valence-corrected chi connectivity index (χ2v) is 4.09. The number of ether oxygens (including phenoxy) is 1. The number of aromatic nitrogens is 2. The van der Waals surface area contributed by atoms with E-state index in [0.717, 1.165) is 24.5 Å². The van der Waals surface area contributed by atoms with Gasteiger partial charge in [0.05, 0.1) is 6.61 Å². The molecular formula is C14H18N4O. The summed E-state index contributed by atoms with van der Waals surface area (Å²) in [5.41, 5.74) is 7.67. The van der Waals surface area contributed by atoms with Crippen molar-refractivity contribution in [1.82, 2.24) is 9.97 Å². The molecule has 0 radical (unpaired) electrons.